The highest BCUT2D eigenvalue weighted by Gasteiger charge is 2.10. The molecule has 0 saturated heterocycles. The van der Waals surface area contributed by atoms with Gasteiger partial charge in [0.1, 0.15) is 5.75 Å². The second kappa shape index (κ2) is 8.51. The molecular formula is C14H19Cl2N3OS. The van der Waals surface area contributed by atoms with Crippen LogP contribution in [0.3, 0.4) is 0 Å². The number of hydrazone groups is 1. The first kappa shape index (κ1) is 18.1. The van der Waals surface area contributed by atoms with Crippen molar-refractivity contribution in [1.29, 1.82) is 0 Å². The molecule has 1 N–H and O–H groups in total. The van der Waals surface area contributed by atoms with Crippen LogP contribution in [0.1, 0.15) is 27.7 Å². The molecule has 1 rings (SSSR count). The van der Waals surface area contributed by atoms with Gasteiger partial charge in [-0.2, -0.15) is 5.10 Å². The number of aliphatic imine (C=N–C) groups is 1. The third-order valence-corrected chi connectivity index (χ3v) is 3.32. The van der Waals surface area contributed by atoms with Crippen molar-refractivity contribution in [3.63, 3.8) is 0 Å². The SMILES string of the molecule is CSC(=Nc1cc(Cl)c(OC(C)C)cc1Cl)NN=C(C)C. The quantitative estimate of drug-likeness (QED) is 0.467. The highest BCUT2D eigenvalue weighted by Crippen LogP contribution is 2.36. The van der Waals surface area contributed by atoms with E-state index < -0.39 is 0 Å². The van der Waals surface area contributed by atoms with E-state index in [9.17, 15) is 0 Å². The van der Waals surface area contributed by atoms with Gasteiger partial charge < -0.3 is 4.74 Å². The number of ether oxygens (including phenoxy) is 1. The van der Waals surface area contributed by atoms with Gasteiger partial charge in [-0.25, -0.2) is 4.99 Å². The molecule has 0 aliphatic carbocycles. The van der Waals surface area contributed by atoms with Gasteiger partial charge in [0.15, 0.2) is 5.17 Å². The zero-order chi connectivity index (χ0) is 16.0. The Hall–Kier alpha value is -0.910. The predicted octanol–water partition coefficient (Wildman–Crippen LogP) is 5.12. The summed E-state index contributed by atoms with van der Waals surface area (Å²) in [6, 6.07) is 3.36. The molecule has 0 aliphatic heterocycles. The summed E-state index contributed by atoms with van der Waals surface area (Å²) >= 11 is 13.9. The highest BCUT2D eigenvalue weighted by molar-refractivity contribution is 8.13. The maximum absolute atomic E-state index is 6.23. The summed E-state index contributed by atoms with van der Waals surface area (Å²) < 4.78 is 5.58. The molecule has 0 saturated carbocycles. The number of hydrogen-bond acceptors (Lipinski definition) is 4. The Morgan fingerprint density at radius 3 is 2.43 bits per heavy atom. The smallest absolute Gasteiger partial charge is 0.182 e. The van der Waals surface area contributed by atoms with Crippen molar-refractivity contribution in [2.75, 3.05) is 6.26 Å². The van der Waals surface area contributed by atoms with Gasteiger partial charge >= 0.3 is 0 Å². The van der Waals surface area contributed by atoms with Crippen molar-refractivity contribution in [2.45, 2.75) is 33.8 Å². The Morgan fingerprint density at radius 1 is 1.24 bits per heavy atom. The number of thioether (sulfide) groups is 1. The molecule has 0 radical (unpaired) electrons. The molecule has 0 unspecified atom stereocenters. The number of amidine groups is 1. The molecule has 0 aromatic heterocycles. The summed E-state index contributed by atoms with van der Waals surface area (Å²) in [6.07, 6.45) is 1.93. The van der Waals surface area contributed by atoms with E-state index in [4.69, 9.17) is 27.9 Å². The van der Waals surface area contributed by atoms with Crippen LogP contribution in [-0.2, 0) is 0 Å². The molecule has 0 spiro atoms. The Labute approximate surface area is 140 Å². The first-order chi connectivity index (χ1) is 9.83. The molecule has 116 valence electrons. The van der Waals surface area contributed by atoms with Crippen molar-refractivity contribution in [3.05, 3.63) is 22.2 Å². The Bertz CT molecular complexity index is 555. The molecule has 1 aromatic rings. The fourth-order valence-corrected chi connectivity index (χ4v) is 2.06. The van der Waals surface area contributed by atoms with E-state index in [1.165, 1.54) is 11.8 Å². The van der Waals surface area contributed by atoms with Gasteiger partial charge in [0, 0.05) is 11.8 Å². The average Bonchev–Trinajstić information content (AvgIpc) is 2.39. The molecule has 21 heavy (non-hydrogen) atoms. The fourth-order valence-electron chi connectivity index (χ4n) is 1.33. The number of rotatable bonds is 4. The van der Waals surface area contributed by atoms with Crippen molar-refractivity contribution in [1.82, 2.24) is 5.43 Å². The normalized spacial score (nSPS) is 11.5. The van der Waals surface area contributed by atoms with Gasteiger partial charge in [-0.05, 0) is 40.0 Å². The van der Waals surface area contributed by atoms with Gasteiger partial charge in [-0.3, -0.25) is 5.43 Å². The molecule has 0 atom stereocenters. The van der Waals surface area contributed by atoms with Crippen LogP contribution < -0.4 is 10.2 Å². The molecule has 0 bridgehead atoms. The monoisotopic (exact) mass is 347 g/mol. The molecule has 0 heterocycles. The second-order valence-corrected chi connectivity index (χ2v) is 6.30. The van der Waals surface area contributed by atoms with Gasteiger partial charge in [-0.15, -0.1) is 0 Å². The van der Waals surface area contributed by atoms with Gasteiger partial charge in [0.2, 0.25) is 0 Å². The summed E-state index contributed by atoms with van der Waals surface area (Å²) in [4.78, 5) is 4.42. The molecule has 0 fully saturated rings. The first-order valence-corrected chi connectivity index (χ1v) is 8.36. The van der Waals surface area contributed by atoms with Crippen LogP contribution in [0.25, 0.3) is 0 Å². The predicted molar refractivity (Wildman–Crippen MR) is 94.8 cm³/mol. The van der Waals surface area contributed by atoms with E-state index in [0.29, 0.717) is 26.6 Å². The van der Waals surface area contributed by atoms with E-state index in [-0.39, 0.29) is 6.10 Å². The number of hydrogen-bond donors (Lipinski definition) is 1. The zero-order valence-electron chi connectivity index (χ0n) is 12.7. The van der Waals surface area contributed by atoms with Crippen molar-refractivity contribution >= 4 is 51.5 Å². The minimum Gasteiger partial charge on any atom is -0.489 e. The zero-order valence-corrected chi connectivity index (χ0v) is 15.0. The first-order valence-electron chi connectivity index (χ1n) is 6.38. The highest BCUT2D eigenvalue weighted by atomic mass is 35.5. The van der Waals surface area contributed by atoms with Crippen LogP contribution in [-0.4, -0.2) is 23.2 Å². The van der Waals surface area contributed by atoms with Crippen molar-refractivity contribution < 1.29 is 4.74 Å². The average molecular weight is 348 g/mol. The van der Waals surface area contributed by atoms with E-state index in [1.807, 2.05) is 34.0 Å². The van der Waals surface area contributed by atoms with E-state index >= 15 is 0 Å². The Balaban J connectivity index is 3.07. The Kier molecular flexibility index (Phi) is 7.35. The Morgan fingerprint density at radius 2 is 1.90 bits per heavy atom. The molecular weight excluding hydrogens is 329 g/mol. The molecule has 0 amide bonds. The van der Waals surface area contributed by atoms with Gasteiger partial charge in [0.05, 0.1) is 21.8 Å². The molecule has 1 aromatic carbocycles. The van der Waals surface area contributed by atoms with Crippen LogP contribution in [0.15, 0.2) is 22.2 Å². The third kappa shape index (κ3) is 6.16. The van der Waals surface area contributed by atoms with E-state index in [2.05, 4.69) is 15.5 Å². The fraction of sp³-hybridized carbons (Fsp3) is 0.429. The van der Waals surface area contributed by atoms with Crippen LogP contribution in [0.2, 0.25) is 10.0 Å². The minimum absolute atomic E-state index is 0.0261. The summed E-state index contributed by atoms with van der Waals surface area (Å²) in [5, 5.41) is 5.69. The maximum Gasteiger partial charge on any atom is 0.182 e. The molecule has 4 nitrogen and oxygen atoms in total. The number of benzene rings is 1. The van der Waals surface area contributed by atoms with Gasteiger partial charge in [-0.1, -0.05) is 35.0 Å². The maximum atomic E-state index is 6.23. The number of nitrogens with one attached hydrogen (secondary N) is 1. The van der Waals surface area contributed by atoms with Crippen LogP contribution in [0.5, 0.6) is 5.75 Å². The number of nitrogens with zero attached hydrogens (tertiary/aromatic N) is 2. The van der Waals surface area contributed by atoms with Crippen LogP contribution >= 0.6 is 35.0 Å². The lowest BCUT2D eigenvalue weighted by Gasteiger charge is -2.13. The van der Waals surface area contributed by atoms with E-state index in [0.717, 1.165) is 5.71 Å². The third-order valence-electron chi connectivity index (χ3n) is 2.15. The summed E-state index contributed by atoms with van der Waals surface area (Å²) in [5.41, 5.74) is 4.35. The molecule has 7 heteroatoms. The summed E-state index contributed by atoms with van der Waals surface area (Å²) in [7, 11) is 0. The topological polar surface area (TPSA) is 46.0 Å². The van der Waals surface area contributed by atoms with E-state index in [1.54, 1.807) is 12.1 Å². The number of halogens is 2. The minimum atomic E-state index is 0.0261. The van der Waals surface area contributed by atoms with Crippen LogP contribution in [0, 0.1) is 0 Å². The second-order valence-electron chi connectivity index (χ2n) is 4.69. The molecule has 0 aliphatic rings. The van der Waals surface area contributed by atoms with Crippen LogP contribution in [0.4, 0.5) is 5.69 Å². The lowest BCUT2D eigenvalue weighted by atomic mass is 10.3. The summed E-state index contributed by atoms with van der Waals surface area (Å²) in [6.45, 7) is 7.65. The van der Waals surface area contributed by atoms with Crippen molar-refractivity contribution in [2.24, 2.45) is 10.1 Å². The largest absolute Gasteiger partial charge is 0.489 e. The lowest BCUT2D eigenvalue weighted by Crippen LogP contribution is -2.14. The van der Waals surface area contributed by atoms with Gasteiger partial charge in [0.25, 0.3) is 0 Å². The lowest BCUT2D eigenvalue weighted by molar-refractivity contribution is 0.242. The standard InChI is InChI=1S/C14H19Cl2N3OS/c1-8(2)18-19-14(21-5)17-12-6-11(16)13(7-10(12)15)20-9(3)4/h6-7,9H,1-5H3,(H,17,19). The summed E-state index contributed by atoms with van der Waals surface area (Å²) in [5.74, 6) is 0.553. The van der Waals surface area contributed by atoms with Crippen molar-refractivity contribution in [3.8, 4) is 5.75 Å².